The summed E-state index contributed by atoms with van der Waals surface area (Å²) in [6.45, 7) is 3.23. The fraction of sp³-hybridized carbons (Fsp3) is 0.292. The average molecular weight is 441 g/mol. The number of aromatic amines is 1. The first-order chi connectivity index (χ1) is 16.0. The summed E-state index contributed by atoms with van der Waals surface area (Å²) >= 11 is 0. The van der Waals surface area contributed by atoms with Crippen molar-refractivity contribution in [3.63, 3.8) is 0 Å². The number of amides is 1. The van der Waals surface area contributed by atoms with Crippen LogP contribution in [-0.2, 0) is 7.05 Å². The third-order valence-corrected chi connectivity index (χ3v) is 6.00. The number of piperidine rings is 1. The number of likely N-dealkylation sites (tertiary alicyclic amines) is 1. The first-order valence-corrected chi connectivity index (χ1v) is 10.9. The van der Waals surface area contributed by atoms with E-state index < -0.39 is 0 Å². The number of imidazole rings is 1. The average Bonchev–Trinajstić information content (AvgIpc) is 3.46. The third kappa shape index (κ3) is 4.15. The van der Waals surface area contributed by atoms with Gasteiger partial charge in [0.25, 0.3) is 5.91 Å². The normalized spacial score (nSPS) is 14.4. The van der Waals surface area contributed by atoms with Gasteiger partial charge in [0.15, 0.2) is 0 Å². The maximum absolute atomic E-state index is 13.0. The number of nitrogens with one attached hydrogen (secondary N) is 2. The summed E-state index contributed by atoms with van der Waals surface area (Å²) < 4.78 is 1.87. The lowest BCUT2D eigenvalue weighted by Crippen LogP contribution is -2.38. The molecule has 1 aliphatic rings. The molecule has 1 aromatic carbocycles. The number of anilines is 2. The Hall–Kier alpha value is -4.19. The van der Waals surface area contributed by atoms with Gasteiger partial charge in [0.2, 0.25) is 5.95 Å². The molecule has 1 fully saturated rings. The fourth-order valence-electron chi connectivity index (χ4n) is 4.23. The smallest absolute Gasteiger partial charge is 0.270 e. The summed E-state index contributed by atoms with van der Waals surface area (Å²) in [5, 5.41) is 13.3. The van der Waals surface area contributed by atoms with Gasteiger partial charge in [-0.15, -0.1) is 0 Å². The van der Waals surface area contributed by atoms with Crippen LogP contribution in [0, 0.1) is 24.2 Å². The minimum absolute atomic E-state index is 0.0251. The van der Waals surface area contributed by atoms with Gasteiger partial charge >= 0.3 is 0 Å². The molecule has 2 N–H and O–H groups in total. The number of fused-ring (bicyclic) bond motifs is 1. The van der Waals surface area contributed by atoms with E-state index >= 15 is 0 Å². The number of hydrogen-bond donors (Lipinski definition) is 2. The number of aryl methyl sites for hydroxylation is 2. The second-order valence-electron chi connectivity index (χ2n) is 8.45. The molecule has 0 bridgehead atoms. The number of rotatable bonds is 4. The predicted octanol–water partition coefficient (Wildman–Crippen LogP) is 3.79. The van der Waals surface area contributed by atoms with Crippen molar-refractivity contribution in [1.29, 1.82) is 5.26 Å². The zero-order chi connectivity index (χ0) is 22.9. The van der Waals surface area contributed by atoms with Gasteiger partial charge in [-0.3, -0.25) is 4.79 Å². The zero-order valence-corrected chi connectivity index (χ0v) is 18.5. The molecule has 33 heavy (non-hydrogen) atoms. The van der Waals surface area contributed by atoms with Crippen LogP contribution < -0.4 is 5.32 Å². The summed E-state index contributed by atoms with van der Waals surface area (Å²) in [5.74, 6) is 0.498. The topological polar surface area (TPSA) is 116 Å². The van der Waals surface area contributed by atoms with E-state index in [4.69, 9.17) is 5.26 Å². The molecule has 0 aliphatic carbocycles. The first-order valence-electron chi connectivity index (χ1n) is 10.9. The Balaban J connectivity index is 1.38. The number of nitrogens with zero attached hydrogens (tertiary/aromatic N) is 6. The molecule has 0 atom stereocenters. The fourth-order valence-corrected chi connectivity index (χ4v) is 4.23. The number of benzene rings is 1. The van der Waals surface area contributed by atoms with Crippen molar-refractivity contribution in [2.24, 2.45) is 13.0 Å². The van der Waals surface area contributed by atoms with Gasteiger partial charge in [-0.1, -0.05) is 0 Å². The molecular weight excluding hydrogens is 416 g/mol. The molecule has 0 spiro atoms. The minimum Gasteiger partial charge on any atom is -0.350 e. The SMILES string of the molecule is Cc1cc(Nc2nccc(-c3cn(C)cn3)n2)cc2cc(C(=O)N3CCC(C#N)CC3)[nH]c12. The number of hydrogen-bond acceptors (Lipinski definition) is 6. The second-order valence-corrected chi connectivity index (χ2v) is 8.45. The van der Waals surface area contributed by atoms with Crippen LogP contribution >= 0.6 is 0 Å². The van der Waals surface area contributed by atoms with Crippen molar-refractivity contribution in [2.45, 2.75) is 19.8 Å². The highest BCUT2D eigenvalue weighted by Gasteiger charge is 2.24. The van der Waals surface area contributed by atoms with E-state index in [0.29, 0.717) is 24.7 Å². The molecule has 4 heterocycles. The lowest BCUT2D eigenvalue weighted by molar-refractivity contribution is 0.0702. The lowest BCUT2D eigenvalue weighted by Gasteiger charge is -2.28. The standard InChI is InChI=1S/C24H24N8O/c1-15-9-18(28-24-26-6-3-19(30-24)21-13-31(2)14-27-21)10-17-11-20(29-22(15)17)23(33)32-7-4-16(12-25)5-8-32/h3,6,9-11,13-14,16,29H,4-5,7-8H2,1-2H3,(H,26,28,30). The predicted molar refractivity (Wildman–Crippen MR) is 125 cm³/mol. The van der Waals surface area contributed by atoms with Gasteiger partial charge in [0, 0.05) is 55.0 Å². The summed E-state index contributed by atoms with van der Waals surface area (Å²) in [7, 11) is 1.92. The Bertz CT molecular complexity index is 1370. The molecule has 9 heteroatoms. The van der Waals surface area contributed by atoms with Crippen molar-refractivity contribution >= 4 is 28.4 Å². The summed E-state index contributed by atoms with van der Waals surface area (Å²) in [6, 6.07) is 10.00. The number of carbonyl (C=O) groups excluding carboxylic acids is 1. The van der Waals surface area contributed by atoms with Crippen LogP contribution in [0.2, 0.25) is 0 Å². The van der Waals surface area contributed by atoms with E-state index in [2.05, 4.69) is 31.3 Å². The third-order valence-electron chi connectivity index (χ3n) is 6.00. The van der Waals surface area contributed by atoms with Crippen LogP contribution in [0.4, 0.5) is 11.6 Å². The van der Waals surface area contributed by atoms with Crippen molar-refractivity contribution in [1.82, 2.24) is 29.4 Å². The maximum atomic E-state index is 13.0. The molecule has 1 aliphatic heterocycles. The molecule has 0 saturated carbocycles. The molecule has 0 unspecified atom stereocenters. The Morgan fingerprint density at radius 1 is 1.21 bits per heavy atom. The summed E-state index contributed by atoms with van der Waals surface area (Å²) in [6.07, 6.45) is 6.80. The van der Waals surface area contributed by atoms with E-state index in [-0.39, 0.29) is 11.8 Å². The maximum Gasteiger partial charge on any atom is 0.270 e. The zero-order valence-electron chi connectivity index (χ0n) is 18.5. The van der Waals surface area contributed by atoms with Crippen molar-refractivity contribution in [2.75, 3.05) is 18.4 Å². The van der Waals surface area contributed by atoms with Crippen LogP contribution in [0.25, 0.3) is 22.3 Å². The van der Waals surface area contributed by atoms with Crippen LogP contribution in [0.15, 0.2) is 43.0 Å². The van der Waals surface area contributed by atoms with Gasteiger partial charge in [-0.05, 0) is 49.6 Å². The van der Waals surface area contributed by atoms with Gasteiger partial charge < -0.3 is 19.8 Å². The van der Waals surface area contributed by atoms with Crippen LogP contribution in [-0.4, -0.2) is 48.4 Å². The van der Waals surface area contributed by atoms with Crippen LogP contribution in [0.1, 0.15) is 28.9 Å². The molecule has 4 aromatic rings. The molecule has 1 amide bonds. The van der Waals surface area contributed by atoms with Crippen LogP contribution in [0.3, 0.4) is 0 Å². The van der Waals surface area contributed by atoms with Gasteiger partial charge in [-0.25, -0.2) is 15.0 Å². The highest BCUT2D eigenvalue weighted by atomic mass is 16.2. The largest absolute Gasteiger partial charge is 0.350 e. The second kappa shape index (κ2) is 8.39. The number of carbonyl (C=O) groups is 1. The molecular formula is C24H24N8O. The van der Waals surface area contributed by atoms with E-state index in [1.54, 1.807) is 12.5 Å². The highest BCUT2D eigenvalue weighted by Crippen LogP contribution is 2.27. The molecule has 0 radical (unpaired) electrons. The number of aromatic nitrogens is 5. The van der Waals surface area contributed by atoms with Crippen molar-refractivity contribution in [3.05, 3.63) is 54.2 Å². The molecule has 3 aromatic heterocycles. The van der Waals surface area contributed by atoms with E-state index in [0.717, 1.165) is 46.4 Å². The quantitative estimate of drug-likeness (QED) is 0.499. The lowest BCUT2D eigenvalue weighted by atomic mass is 9.98. The molecule has 1 saturated heterocycles. The van der Waals surface area contributed by atoms with Crippen molar-refractivity contribution < 1.29 is 4.79 Å². The Kier molecular flexibility index (Phi) is 5.26. The van der Waals surface area contributed by atoms with Gasteiger partial charge in [0.1, 0.15) is 11.4 Å². The Morgan fingerprint density at radius 2 is 2.03 bits per heavy atom. The molecule has 9 nitrogen and oxygen atoms in total. The van der Waals surface area contributed by atoms with Gasteiger partial charge in [-0.2, -0.15) is 5.26 Å². The summed E-state index contributed by atoms with van der Waals surface area (Å²) in [5.41, 5.74) is 4.86. The monoisotopic (exact) mass is 440 g/mol. The van der Waals surface area contributed by atoms with E-state index in [1.807, 2.05) is 53.9 Å². The molecule has 166 valence electrons. The van der Waals surface area contributed by atoms with E-state index in [1.165, 1.54) is 0 Å². The van der Waals surface area contributed by atoms with Crippen molar-refractivity contribution in [3.8, 4) is 17.5 Å². The Labute approximate surface area is 191 Å². The van der Waals surface area contributed by atoms with E-state index in [9.17, 15) is 4.79 Å². The molecule has 5 rings (SSSR count). The Morgan fingerprint density at radius 3 is 2.76 bits per heavy atom. The minimum atomic E-state index is -0.0251. The number of nitriles is 1. The summed E-state index contributed by atoms with van der Waals surface area (Å²) in [4.78, 5) is 31.4. The first kappa shape index (κ1) is 20.7. The number of H-pyrrole nitrogens is 1. The van der Waals surface area contributed by atoms with Crippen LogP contribution in [0.5, 0.6) is 0 Å². The highest BCUT2D eigenvalue weighted by molar-refractivity contribution is 5.99. The van der Waals surface area contributed by atoms with Gasteiger partial charge in [0.05, 0.1) is 18.1 Å².